The molecule has 0 spiro atoms. The van der Waals surface area contributed by atoms with Gasteiger partial charge >= 0.3 is 0 Å². The average Bonchev–Trinajstić information content (AvgIpc) is 0.891. The van der Waals surface area contributed by atoms with E-state index in [1.165, 1.54) is 128 Å². The summed E-state index contributed by atoms with van der Waals surface area (Å²) in [5, 5.41) is 2.40. The van der Waals surface area contributed by atoms with Gasteiger partial charge in [0.25, 0.3) is 6.71 Å². The van der Waals surface area contributed by atoms with E-state index in [0.29, 0.717) is 0 Å². The van der Waals surface area contributed by atoms with Crippen molar-refractivity contribution >= 4 is 79.0 Å². The van der Waals surface area contributed by atoms with Gasteiger partial charge in [-0.25, -0.2) is 0 Å². The minimum absolute atomic E-state index is 0.0829. The fourth-order valence-corrected chi connectivity index (χ4v) is 15.5. The van der Waals surface area contributed by atoms with Gasteiger partial charge in [0.2, 0.25) is 0 Å². The lowest BCUT2D eigenvalue weighted by atomic mass is 9.33. The molecule has 0 aliphatic carbocycles. The highest BCUT2D eigenvalue weighted by Crippen LogP contribution is 2.55. The van der Waals surface area contributed by atoms with Crippen LogP contribution in [0, 0.1) is 0 Å². The molecule has 0 fully saturated rings. The molecule has 0 saturated heterocycles. The highest BCUT2D eigenvalue weighted by Gasteiger charge is 2.46. The predicted molar refractivity (Wildman–Crippen MR) is 434 cm³/mol. The van der Waals surface area contributed by atoms with Crippen LogP contribution in [0.2, 0.25) is 0 Å². The first-order valence-corrected chi connectivity index (χ1v) is 36.3. The van der Waals surface area contributed by atoms with Gasteiger partial charge in [-0.1, -0.05) is 313 Å². The summed E-state index contributed by atoms with van der Waals surface area (Å²) in [6, 6.07) is 98.8. The molecular formula is C96H96BN3. The van der Waals surface area contributed by atoms with Crippen LogP contribution in [0.5, 0.6) is 0 Å². The first kappa shape index (κ1) is 66.0. The fourth-order valence-electron chi connectivity index (χ4n) is 15.5. The molecule has 4 heteroatoms. The Hall–Kier alpha value is -9.90. The van der Waals surface area contributed by atoms with Crippen LogP contribution in [0.3, 0.4) is 0 Å². The highest BCUT2D eigenvalue weighted by atomic mass is 15.2. The zero-order valence-electron chi connectivity index (χ0n) is 62.2. The number of benzene rings is 12. The van der Waals surface area contributed by atoms with Gasteiger partial charge in [-0.2, -0.15) is 0 Å². The number of fused-ring (bicyclic) bond motifs is 7. The van der Waals surface area contributed by atoms with Crippen molar-refractivity contribution in [3.63, 3.8) is 0 Å². The molecule has 0 amide bonds. The Bertz CT molecular complexity index is 5210. The average molecular weight is 1300 g/mol. The van der Waals surface area contributed by atoms with Gasteiger partial charge in [0.15, 0.2) is 0 Å². The standard InChI is InChI=1S/C96H96BN3/c1-91(2,3)69-47-66(48-70(55-69)92(4,5)6)64-43-45-79-82(51-64)99(85-54-68(61-33-23-19-24-34-61)53-84-88(85)76-41-31-32-42-81(76)98(84)75-39-29-22-30-40-75)86-59-74(96(16,17)18)60-87-89(86)97(79)80-46-44-65(67-49-71(93(7,8)9)56-72(50-67)94(10,11)12)52-83(80)100(87)90-77(62-35-25-20-26-36-62)57-73(95(13,14)15)58-78(90)63-37-27-21-28-38-63/h19-60H,1-18H3. The van der Waals surface area contributed by atoms with Gasteiger partial charge in [0.05, 0.1) is 22.4 Å². The van der Waals surface area contributed by atoms with Gasteiger partial charge in [0.1, 0.15) is 0 Å². The van der Waals surface area contributed by atoms with Gasteiger partial charge in [0, 0.05) is 50.3 Å². The second kappa shape index (κ2) is 23.9. The van der Waals surface area contributed by atoms with Crippen LogP contribution < -0.4 is 26.2 Å². The van der Waals surface area contributed by atoms with E-state index >= 15 is 0 Å². The number of aromatic nitrogens is 1. The number of nitrogens with zero attached hydrogens (tertiary/aromatic N) is 3. The molecular weight excluding hydrogens is 1210 g/mol. The largest absolute Gasteiger partial charge is 0.311 e. The zero-order valence-corrected chi connectivity index (χ0v) is 62.2. The second-order valence-corrected chi connectivity index (χ2v) is 34.8. The Kier molecular flexibility index (Phi) is 15.8. The molecule has 13 aromatic rings. The maximum atomic E-state index is 2.75. The van der Waals surface area contributed by atoms with Crippen molar-refractivity contribution < 1.29 is 0 Å². The van der Waals surface area contributed by atoms with Crippen LogP contribution in [-0.4, -0.2) is 11.3 Å². The third kappa shape index (κ3) is 11.7. The fraction of sp³-hybridized carbons (Fsp3) is 0.250. The SMILES string of the molecule is CC(C)(C)c1cc(-c2ccc3c(c2)N(c2c(-c4ccccc4)cc(C(C)(C)C)cc2-c2ccccc2)c2cc(C(C)(C)C)cc4c2B3c2ccc(-c3cc(C(C)(C)C)cc(C(C)(C)C)c3)cc2N4c2cc(-c3ccccc3)cc3c2c2ccccc2n3-c2ccccc2)cc(C(C)(C)C)c1. The van der Waals surface area contributed by atoms with Crippen molar-refractivity contribution in [2.75, 3.05) is 9.80 Å². The first-order chi connectivity index (χ1) is 47.4. The summed E-state index contributed by atoms with van der Waals surface area (Å²) in [6.45, 7) is 42.4. The lowest BCUT2D eigenvalue weighted by Gasteiger charge is -2.46. The van der Waals surface area contributed by atoms with E-state index in [1.54, 1.807) is 0 Å². The first-order valence-electron chi connectivity index (χ1n) is 36.3. The smallest absolute Gasteiger partial charge is 0.252 e. The van der Waals surface area contributed by atoms with Crippen molar-refractivity contribution in [2.45, 2.75) is 157 Å². The maximum absolute atomic E-state index is 2.75. The predicted octanol–water partition coefficient (Wildman–Crippen LogP) is 25.0. The normalized spacial score (nSPS) is 13.4. The van der Waals surface area contributed by atoms with Crippen LogP contribution in [0.1, 0.15) is 158 Å². The van der Waals surface area contributed by atoms with E-state index in [-0.39, 0.29) is 39.2 Å². The molecule has 1 aromatic heterocycles. The molecule has 2 aliphatic heterocycles. The lowest BCUT2D eigenvalue weighted by Crippen LogP contribution is -2.61. The third-order valence-electron chi connectivity index (χ3n) is 21.4. The molecule has 12 aromatic carbocycles. The third-order valence-corrected chi connectivity index (χ3v) is 21.4. The topological polar surface area (TPSA) is 11.4 Å². The molecule has 0 bridgehead atoms. The van der Waals surface area contributed by atoms with Crippen LogP contribution in [0.25, 0.3) is 83.1 Å². The van der Waals surface area contributed by atoms with E-state index in [9.17, 15) is 0 Å². The summed E-state index contributed by atoms with van der Waals surface area (Å²) in [6.07, 6.45) is 0. The van der Waals surface area contributed by atoms with Crippen LogP contribution in [-0.2, 0) is 32.5 Å². The van der Waals surface area contributed by atoms with E-state index in [1.807, 2.05) is 0 Å². The van der Waals surface area contributed by atoms with Gasteiger partial charge in [-0.3, -0.25) is 0 Å². The molecule has 3 nitrogen and oxygen atoms in total. The molecule has 0 saturated carbocycles. The minimum Gasteiger partial charge on any atom is -0.311 e. The summed E-state index contributed by atoms with van der Waals surface area (Å²) >= 11 is 0. The Morgan fingerprint density at radius 2 is 0.610 bits per heavy atom. The molecule has 3 heterocycles. The Morgan fingerprint density at radius 1 is 0.250 bits per heavy atom. The molecule has 0 N–H and O–H groups in total. The second-order valence-electron chi connectivity index (χ2n) is 34.8. The number of hydrogen-bond donors (Lipinski definition) is 0. The maximum Gasteiger partial charge on any atom is 0.252 e. The summed E-state index contributed by atoms with van der Waals surface area (Å²) in [7, 11) is 0. The van der Waals surface area contributed by atoms with Crippen LogP contribution >= 0.6 is 0 Å². The molecule has 0 radical (unpaired) electrons. The van der Waals surface area contributed by atoms with E-state index < -0.39 is 0 Å². The van der Waals surface area contributed by atoms with Crippen molar-refractivity contribution in [3.8, 4) is 61.3 Å². The zero-order chi connectivity index (χ0) is 70.3. The summed E-state index contributed by atoms with van der Waals surface area (Å²) in [4.78, 5) is 5.49. The van der Waals surface area contributed by atoms with E-state index in [0.717, 1.165) is 39.2 Å². The number of rotatable bonds is 8. The number of hydrogen-bond acceptors (Lipinski definition) is 2. The Balaban J connectivity index is 1.15. The van der Waals surface area contributed by atoms with Crippen LogP contribution in [0.4, 0.5) is 34.1 Å². The molecule has 0 unspecified atom stereocenters. The van der Waals surface area contributed by atoms with Gasteiger partial charge in [-0.05, 0) is 193 Å². The number of anilines is 6. The molecule has 498 valence electrons. The highest BCUT2D eigenvalue weighted by molar-refractivity contribution is 7.00. The summed E-state index contributed by atoms with van der Waals surface area (Å²) < 4.78 is 2.51. The quantitative estimate of drug-likeness (QED) is 0.141. The van der Waals surface area contributed by atoms with E-state index in [4.69, 9.17) is 0 Å². The number of para-hydroxylation sites is 2. The minimum atomic E-state index is -0.304. The van der Waals surface area contributed by atoms with E-state index in [2.05, 4.69) is 394 Å². The summed E-state index contributed by atoms with van der Waals surface area (Å²) in [5.74, 6) is 0. The van der Waals surface area contributed by atoms with Crippen molar-refractivity contribution in [1.29, 1.82) is 0 Å². The van der Waals surface area contributed by atoms with Gasteiger partial charge < -0.3 is 14.4 Å². The Morgan fingerprint density at radius 3 is 1.06 bits per heavy atom. The Labute approximate surface area is 596 Å². The summed E-state index contributed by atoms with van der Waals surface area (Å²) in [5.41, 5.74) is 33.2. The molecule has 0 atom stereocenters. The monoisotopic (exact) mass is 1300 g/mol. The van der Waals surface area contributed by atoms with Crippen molar-refractivity contribution in [3.05, 3.63) is 288 Å². The van der Waals surface area contributed by atoms with Gasteiger partial charge in [-0.15, -0.1) is 0 Å². The van der Waals surface area contributed by atoms with Crippen molar-refractivity contribution in [2.24, 2.45) is 0 Å². The lowest BCUT2D eigenvalue weighted by molar-refractivity contribution is 0.568. The molecule has 100 heavy (non-hydrogen) atoms. The van der Waals surface area contributed by atoms with Crippen LogP contribution in [0.15, 0.2) is 255 Å². The van der Waals surface area contributed by atoms with Crippen molar-refractivity contribution in [1.82, 2.24) is 4.57 Å². The molecule has 15 rings (SSSR count). The molecule has 2 aliphatic rings.